The lowest BCUT2D eigenvalue weighted by atomic mass is 10.1. The van der Waals surface area contributed by atoms with E-state index in [4.69, 9.17) is 14.2 Å². The van der Waals surface area contributed by atoms with Gasteiger partial charge in [-0.25, -0.2) is 0 Å². The summed E-state index contributed by atoms with van der Waals surface area (Å²) in [5.41, 5.74) is 1.03. The van der Waals surface area contributed by atoms with Gasteiger partial charge in [0.1, 0.15) is 0 Å². The molecule has 1 N–H and O–H groups in total. The van der Waals surface area contributed by atoms with Crippen LogP contribution in [0.25, 0.3) is 0 Å². The first-order chi connectivity index (χ1) is 10.1. The number of hydrogen-bond acceptors (Lipinski definition) is 5. The third-order valence-corrected chi connectivity index (χ3v) is 3.98. The maximum atomic E-state index is 12.2. The standard InChI is InChI=1S/C15H19NO5/c1-16(11-7-19-8-12(11)17)15(18)5-3-10-2-4-13-14(6-10)21-9-20-13/h2,4,6,11-12,17H,3,5,7-9H2,1H3/t11-,12-/m1/s1. The summed E-state index contributed by atoms with van der Waals surface area (Å²) in [5, 5.41) is 9.75. The van der Waals surface area contributed by atoms with Crippen molar-refractivity contribution in [3.8, 4) is 11.5 Å². The van der Waals surface area contributed by atoms with Crippen LogP contribution in [0, 0.1) is 0 Å². The monoisotopic (exact) mass is 293 g/mol. The number of carbonyl (C=O) groups is 1. The highest BCUT2D eigenvalue weighted by Crippen LogP contribution is 2.32. The number of amides is 1. The molecule has 0 saturated carbocycles. The second-order valence-electron chi connectivity index (χ2n) is 5.36. The molecule has 1 fully saturated rings. The van der Waals surface area contributed by atoms with Crippen LogP contribution in [0.3, 0.4) is 0 Å². The molecule has 1 aromatic rings. The zero-order chi connectivity index (χ0) is 14.8. The predicted octanol–water partition coefficient (Wildman–Crippen LogP) is 0.566. The Kier molecular flexibility index (Phi) is 3.98. The van der Waals surface area contributed by atoms with E-state index in [0.717, 1.165) is 17.1 Å². The number of hydrogen-bond donors (Lipinski definition) is 1. The summed E-state index contributed by atoms with van der Waals surface area (Å²) in [5.74, 6) is 1.48. The highest BCUT2D eigenvalue weighted by Gasteiger charge is 2.31. The van der Waals surface area contributed by atoms with Crippen LogP contribution < -0.4 is 9.47 Å². The average Bonchev–Trinajstić information content (AvgIpc) is 3.11. The number of aryl methyl sites for hydroxylation is 1. The Morgan fingerprint density at radius 1 is 1.33 bits per heavy atom. The largest absolute Gasteiger partial charge is 0.454 e. The number of aliphatic hydroxyl groups excluding tert-OH is 1. The fraction of sp³-hybridized carbons (Fsp3) is 0.533. The molecule has 6 nitrogen and oxygen atoms in total. The van der Waals surface area contributed by atoms with Crippen molar-refractivity contribution in [2.24, 2.45) is 0 Å². The van der Waals surface area contributed by atoms with Crippen molar-refractivity contribution in [3.63, 3.8) is 0 Å². The Bertz CT molecular complexity index is 533. The molecule has 2 heterocycles. The Balaban J connectivity index is 1.56. The number of aliphatic hydroxyl groups is 1. The van der Waals surface area contributed by atoms with E-state index in [0.29, 0.717) is 26.1 Å². The van der Waals surface area contributed by atoms with Crippen LogP contribution in [0.1, 0.15) is 12.0 Å². The van der Waals surface area contributed by atoms with Gasteiger partial charge in [-0.1, -0.05) is 6.07 Å². The molecule has 1 saturated heterocycles. The van der Waals surface area contributed by atoms with Gasteiger partial charge in [-0.15, -0.1) is 0 Å². The molecule has 2 aliphatic rings. The van der Waals surface area contributed by atoms with Crippen molar-refractivity contribution in [3.05, 3.63) is 23.8 Å². The van der Waals surface area contributed by atoms with Gasteiger partial charge in [0, 0.05) is 13.5 Å². The van der Waals surface area contributed by atoms with Crippen LogP contribution in [0.15, 0.2) is 18.2 Å². The molecule has 0 bridgehead atoms. The summed E-state index contributed by atoms with van der Waals surface area (Å²) in [6, 6.07) is 5.46. The Morgan fingerprint density at radius 3 is 2.90 bits per heavy atom. The minimum atomic E-state index is -0.593. The van der Waals surface area contributed by atoms with Gasteiger partial charge in [0.05, 0.1) is 25.4 Å². The predicted molar refractivity (Wildman–Crippen MR) is 74.3 cm³/mol. The van der Waals surface area contributed by atoms with Crippen molar-refractivity contribution in [2.75, 3.05) is 27.1 Å². The first-order valence-corrected chi connectivity index (χ1v) is 7.05. The van der Waals surface area contributed by atoms with Crippen molar-refractivity contribution in [1.82, 2.24) is 4.90 Å². The van der Waals surface area contributed by atoms with Crippen molar-refractivity contribution in [2.45, 2.75) is 25.0 Å². The Morgan fingerprint density at radius 2 is 2.14 bits per heavy atom. The number of rotatable bonds is 4. The normalized spacial score (nSPS) is 23.3. The van der Waals surface area contributed by atoms with Crippen LogP contribution in [0.2, 0.25) is 0 Å². The smallest absolute Gasteiger partial charge is 0.231 e. The van der Waals surface area contributed by atoms with Gasteiger partial charge in [-0.2, -0.15) is 0 Å². The van der Waals surface area contributed by atoms with E-state index in [1.165, 1.54) is 0 Å². The summed E-state index contributed by atoms with van der Waals surface area (Å²) in [6.07, 6.45) is 0.424. The highest BCUT2D eigenvalue weighted by atomic mass is 16.7. The van der Waals surface area contributed by atoms with Gasteiger partial charge in [0.25, 0.3) is 0 Å². The van der Waals surface area contributed by atoms with Crippen LogP contribution in [0.4, 0.5) is 0 Å². The summed E-state index contributed by atoms with van der Waals surface area (Å²) >= 11 is 0. The molecule has 2 aliphatic heterocycles. The number of nitrogens with zero attached hydrogens (tertiary/aromatic N) is 1. The second kappa shape index (κ2) is 5.91. The van der Waals surface area contributed by atoms with E-state index in [1.807, 2.05) is 18.2 Å². The first kappa shape index (κ1) is 14.2. The minimum absolute atomic E-state index is 0.00205. The number of ether oxygens (including phenoxy) is 3. The van der Waals surface area contributed by atoms with E-state index in [2.05, 4.69) is 0 Å². The number of likely N-dealkylation sites (N-methyl/N-ethyl adjacent to an activating group) is 1. The van der Waals surface area contributed by atoms with Crippen LogP contribution in [-0.4, -0.2) is 55.1 Å². The average molecular weight is 293 g/mol. The molecular weight excluding hydrogens is 274 g/mol. The van der Waals surface area contributed by atoms with Gasteiger partial charge in [0.2, 0.25) is 12.7 Å². The maximum absolute atomic E-state index is 12.2. The van der Waals surface area contributed by atoms with Gasteiger partial charge in [-0.3, -0.25) is 4.79 Å². The molecule has 0 unspecified atom stereocenters. The topological polar surface area (TPSA) is 68.2 Å². The number of carbonyl (C=O) groups excluding carboxylic acids is 1. The molecule has 1 aromatic carbocycles. The number of fused-ring (bicyclic) bond motifs is 1. The van der Waals surface area contributed by atoms with Gasteiger partial charge >= 0.3 is 0 Å². The fourth-order valence-electron chi connectivity index (χ4n) is 2.61. The van der Waals surface area contributed by atoms with Crippen molar-refractivity contribution in [1.29, 1.82) is 0 Å². The molecule has 21 heavy (non-hydrogen) atoms. The summed E-state index contributed by atoms with van der Waals surface area (Å²) in [6.45, 7) is 0.942. The zero-order valence-corrected chi connectivity index (χ0v) is 11.9. The van der Waals surface area contributed by atoms with Gasteiger partial charge in [-0.05, 0) is 24.1 Å². The Labute approximate surface area is 123 Å². The molecule has 114 valence electrons. The van der Waals surface area contributed by atoms with Crippen molar-refractivity contribution >= 4 is 5.91 Å². The zero-order valence-electron chi connectivity index (χ0n) is 11.9. The van der Waals surface area contributed by atoms with Crippen LogP contribution in [-0.2, 0) is 16.0 Å². The molecule has 0 spiro atoms. The molecule has 2 atom stereocenters. The quantitative estimate of drug-likeness (QED) is 0.879. The van der Waals surface area contributed by atoms with Crippen LogP contribution in [0.5, 0.6) is 11.5 Å². The first-order valence-electron chi connectivity index (χ1n) is 7.05. The second-order valence-corrected chi connectivity index (χ2v) is 5.36. The van der Waals surface area contributed by atoms with E-state index in [-0.39, 0.29) is 18.7 Å². The minimum Gasteiger partial charge on any atom is -0.454 e. The molecule has 0 radical (unpaired) electrons. The fourth-order valence-corrected chi connectivity index (χ4v) is 2.61. The van der Waals surface area contributed by atoms with Gasteiger partial charge in [0.15, 0.2) is 11.5 Å². The molecule has 3 rings (SSSR count). The third-order valence-electron chi connectivity index (χ3n) is 3.98. The molecule has 6 heteroatoms. The molecular formula is C15H19NO5. The summed E-state index contributed by atoms with van der Waals surface area (Å²) in [7, 11) is 1.71. The summed E-state index contributed by atoms with van der Waals surface area (Å²) < 4.78 is 15.8. The Hall–Kier alpha value is -1.79. The summed E-state index contributed by atoms with van der Waals surface area (Å²) in [4.78, 5) is 13.8. The maximum Gasteiger partial charge on any atom is 0.231 e. The van der Waals surface area contributed by atoms with Gasteiger partial charge < -0.3 is 24.2 Å². The highest BCUT2D eigenvalue weighted by molar-refractivity contribution is 5.76. The number of benzene rings is 1. The SMILES string of the molecule is CN(C(=O)CCc1ccc2c(c1)OCO2)[C@@H]1COC[C@H]1O. The molecule has 0 aliphatic carbocycles. The van der Waals surface area contributed by atoms with Crippen LogP contribution >= 0.6 is 0 Å². The molecule has 0 aromatic heterocycles. The van der Waals surface area contributed by atoms with E-state index in [1.54, 1.807) is 11.9 Å². The van der Waals surface area contributed by atoms with E-state index >= 15 is 0 Å². The lowest BCUT2D eigenvalue weighted by molar-refractivity contribution is -0.133. The van der Waals surface area contributed by atoms with E-state index in [9.17, 15) is 9.90 Å². The third kappa shape index (κ3) is 2.96. The van der Waals surface area contributed by atoms with Crippen molar-refractivity contribution < 1.29 is 24.1 Å². The lowest BCUT2D eigenvalue weighted by Crippen LogP contribution is -2.44. The van der Waals surface area contributed by atoms with E-state index < -0.39 is 6.10 Å². The molecule has 1 amide bonds. The lowest BCUT2D eigenvalue weighted by Gasteiger charge is -2.25.